The molecule has 0 aliphatic rings. The maximum atomic E-state index is 12.6. The lowest BCUT2D eigenvalue weighted by molar-refractivity contribution is -0.152. The van der Waals surface area contributed by atoms with Crippen LogP contribution in [0, 0.1) is 13.8 Å². The van der Waals surface area contributed by atoms with Crippen molar-refractivity contribution >= 4 is 28.5 Å². The first kappa shape index (κ1) is 21.6. The lowest BCUT2D eigenvalue weighted by atomic mass is 9.97. The molecule has 1 N–H and O–H groups in total. The fourth-order valence-electron chi connectivity index (χ4n) is 3.42. The van der Waals surface area contributed by atoms with Crippen LogP contribution in [-0.4, -0.2) is 18.0 Å². The molecule has 0 bridgehead atoms. The van der Waals surface area contributed by atoms with Crippen LogP contribution in [0.3, 0.4) is 0 Å². The van der Waals surface area contributed by atoms with E-state index in [2.05, 4.69) is 19.2 Å². The molecule has 0 radical (unpaired) electrons. The molecule has 158 valence electrons. The van der Waals surface area contributed by atoms with Crippen molar-refractivity contribution in [2.24, 2.45) is 0 Å². The summed E-state index contributed by atoms with van der Waals surface area (Å²) in [6.45, 7) is 9.85. The lowest BCUT2D eigenvalue weighted by Crippen LogP contribution is -2.30. The van der Waals surface area contributed by atoms with Crippen molar-refractivity contribution in [1.29, 1.82) is 0 Å². The molecular weight excluding hydrogens is 378 g/mol. The summed E-state index contributed by atoms with van der Waals surface area (Å²) in [5.41, 5.74) is 5.59. The largest absolute Gasteiger partial charge is 0.464 e. The number of esters is 1. The second-order valence-corrected chi connectivity index (χ2v) is 7.89. The molecule has 1 aromatic heterocycles. The number of amides is 1. The van der Waals surface area contributed by atoms with Gasteiger partial charge in [0.1, 0.15) is 5.58 Å². The van der Waals surface area contributed by atoms with E-state index in [-0.39, 0.29) is 12.3 Å². The van der Waals surface area contributed by atoms with E-state index in [1.54, 1.807) is 13.2 Å². The number of anilines is 1. The summed E-state index contributed by atoms with van der Waals surface area (Å²) >= 11 is 0. The van der Waals surface area contributed by atoms with Crippen molar-refractivity contribution in [2.75, 3.05) is 5.32 Å². The minimum atomic E-state index is -0.898. The molecule has 2 aromatic carbocycles. The Balaban J connectivity index is 1.65. The molecule has 1 heterocycles. The first-order valence-electron chi connectivity index (χ1n) is 10.4. The first-order chi connectivity index (χ1) is 14.3. The third-order valence-corrected chi connectivity index (χ3v) is 5.64. The molecule has 1 amide bonds. The molecular formula is C25H29NO4. The Morgan fingerprint density at radius 3 is 2.53 bits per heavy atom. The van der Waals surface area contributed by atoms with Crippen LogP contribution < -0.4 is 5.32 Å². The lowest BCUT2D eigenvalue weighted by Gasteiger charge is -2.18. The summed E-state index contributed by atoms with van der Waals surface area (Å²) in [4.78, 5) is 25.1. The summed E-state index contributed by atoms with van der Waals surface area (Å²) in [6, 6.07) is 11.7. The Hall–Kier alpha value is -3.08. The quantitative estimate of drug-likeness (QED) is 0.512. The summed E-state index contributed by atoms with van der Waals surface area (Å²) < 4.78 is 11.0. The number of rotatable bonds is 7. The van der Waals surface area contributed by atoms with E-state index in [0.717, 1.165) is 45.3 Å². The van der Waals surface area contributed by atoms with Crippen LogP contribution >= 0.6 is 0 Å². The van der Waals surface area contributed by atoms with Gasteiger partial charge in [-0.3, -0.25) is 9.59 Å². The Morgan fingerprint density at radius 2 is 1.80 bits per heavy atom. The number of aryl methyl sites for hydroxylation is 2. The zero-order valence-electron chi connectivity index (χ0n) is 18.2. The third-order valence-electron chi connectivity index (χ3n) is 5.64. The first-order valence-corrected chi connectivity index (χ1v) is 10.4. The average Bonchev–Trinajstić information content (AvgIpc) is 3.09. The third kappa shape index (κ3) is 4.73. The van der Waals surface area contributed by atoms with Crippen LogP contribution in [0.2, 0.25) is 0 Å². The zero-order valence-corrected chi connectivity index (χ0v) is 18.2. The van der Waals surface area contributed by atoms with Gasteiger partial charge >= 0.3 is 5.97 Å². The summed E-state index contributed by atoms with van der Waals surface area (Å²) in [5.74, 6) is -0.489. The van der Waals surface area contributed by atoms with Gasteiger partial charge in [0.05, 0.1) is 12.7 Å². The van der Waals surface area contributed by atoms with Crippen LogP contribution in [-0.2, 0) is 20.7 Å². The minimum absolute atomic E-state index is 0.0522. The SMILES string of the molecule is CC[C@@H](C)c1ccccc1NC(=O)[C@H](C)OC(=O)Cc1coc2cc(C)c(C)cc12. The maximum absolute atomic E-state index is 12.6. The Labute approximate surface area is 177 Å². The Bertz CT molecular complexity index is 1070. The van der Waals surface area contributed by atoms with Crippen molar-refractivity contribution in [2.45, 2.75) is 59.5 Å². The highest BCUT2D eigenvalue weighted by atomic mass is 16.5. The van der Waals surface area contributed by atoms with Gasteiger partial charge in [-0.05, 0) is 68.0 Å². The van der Waals surface area contributed by atoms with Gasteiger partial charge in [0, 0.05) is 16.6 Å². The molecule has 0 saturated heterocycles. The molecule has 0 aliphatic heterocycles. The predicted molar refractivity (Wildman–Crippen MR) is 119 cm³/mol. The minimum Gasteiger partial charge on any atom is -0.464 e. The number of benzene rings is 2. The highest BCUT2D eigenvalue weighted by molar-refractivity contribution is 5.96. The van der Waals surface area contributed by atoms with Crippen molar-refractivity contribution in [3.05, 3.63) is 64.9 Å². The van der Waals surface area contributed by atoms with Gasteiger partial charge in [0.25, 0.3) is 5.91 Å². The van der Waals surface area contributed by atoms with Crippen LogP contribution in [0.1, 0.15) is 55.4 Å². The summed E-state index contributed by atoms with van der Waals surface area (Å²) in [6.07, 6.45) is 1.70. The van der Waals surface area contributed by atoms with Gasteiger partial charge in [-0.15, -0.1) is 0 Å². The molecule has 0 spiro atoms. The highest BCUT2D eigenvalue weighted by Gasteiger charge is 2.21. The number of carbonyl (C=O) groups excluding carboxylic acids is 2. The standard InChI is InChI=1S/C25H29NO4/c1-6-15(2)20-9-7-8-10-22(20)26-25(28)18(5)30-24(27)13-19-14-29-23-12-17(4)16(3)11-21(19)23/h7-12,14-15,18H,6,13H2,1-5H3,(H,26,28)/t15-,18+/m1/s1. The van der Waals surface area contributed by atoms with Crippen molar-refractivity contribution in [3.63, 3.8) is 0 Å². The number of fused-ring (bicyclic) bond motifs is 1. The van der Waals surface area contributed by atoms with Gasteiger partial charge in [-0.2, -0.15) is 0 Å². The number of hydrogen-bond acceptors (Lipinski definition) is 4. The number of ether oxygens (including phenoxy) is 1. The van der Waals surface area contributed by atoms with E-state index < -0.39 is 12.1 Å². The van der Waals surface area contributed by atoms with E-state index in [0.29, 0.717) is 5.92 Å². The van der Waals surface area contributed by atoms with Crippen molar-refractivity contribution < 1.29 is 18.7 Å². The van der Waals surface area contributed by atoms with E-state index in [9.17, 15) is 9.59 Å². The predicted octanol–water partition coefficient (Wildman–Crippen LogP) is 5.68. The normalized spacial score (nSPS) is 13.1. The monoisotopic (exact) mass is 407 g/mol. The molecule has 0 fully saturated rings. The van der Waals surface area contributed by atoms with Crippen LogP contribution in [0.15, 0.2) is 47.1 Å². The fourth-order valence-corrected chi connectivity index (χ4v) is 3.42. The zero-order chi connectivity index (χ0) is 21.8. The van der Waals surface area contributed by atoms with E-state index >= 15 is 0 Å². The molecule has 3 aromatic rings. The topological polar surface area (TPSA) is 68.5 Å². The van der Waals surface area contributed by atoms with E-state index in [1.807, 2.05) is 50.2 Å². The number of hydrogen-bond donors (Lipinski definition) is 1. The smallest absolute Gasteiger partial charge is 0.311 e. The van der Waals surface area contributed by atoms with Crippen molar-refractivity contribution in [3.8, 4) is 0 Å². The molecule has 5 nitrogen and oxygen atoms in total. The summed E-state index contributed by atoms with van der Waals surface area (Å²) in [5, 5.41) is 3.80. The van der Waals surface area contributed by atoms with Crippen molar-refractivity contribution in [1.82, 2.24) is 0 Å². The second kappa shape index (κ2) is 9.16. The summed E-state index contributed by atoms with van der Waals surface area (Å²) in [7, 11) is 0. The van der Waals surface area contributed by atoms with Crippen LogP contribution in [0.5, 0.6) is 0 Å². The van der Waals surface area contributed by atoms with Crippen LogP contribution in [0.4, 0.5) is 5.69 Å². The second-order valence-electron chi connectivity index (χ2n) is 7.89. The Morgan fingerprint density at radius 1 is 1.10 bits per heavy atom. The number of carbonyl (C=O) groups is 2. The average molecular weight is 408 g/mol. The Kier molecular flexibility index (Phi) is 6.60. The molecule has 0 unspecified atom stereocenters. The molecule has 0 aliphatic carbocycles. The molecule has 0 saturated carbocycles. The van der Waals surface area contributed by atoms with Crippen LogP contribution in [0.25, 0.3) is 11.0 Å². The van der Waals surface area contributed by atoms with Gasteiger partial charge in [0.2, 0.25) is 0 Å². The van der Waals surface area contributed by atoms with Gasteiger partial charge in [-0.1, -0.05) is 32.0 Å². The van der Waals surface area contributed by atoms with E-state index in [4.69, 9.17) is 9.15 Å². The molecule has 2 atom stereocenters. The number of nitrogens with one attached hydrogen (secondary N) is 1. The van der Waals surface area contributed by atoms with Gasteiger partial charge in [0.15, 0.2) is 6.10 Å². The molecule has 5 heteroatoms. The fraction of sp³-hybridized carbons (Fsp3) is 0.360. The highest BCUT2D eigenvalue weighted by Crippen LogP contribution is 2.27. The molecule has 30 heavy (non-hydrogen) atoms. The number of furan rings is 1. The number of para-hydroxylation sites is 1. The maximum Gasteiger partial charge on any atom is 0.311 e. The van der Waals surface area contributed by atoms with Gasteiger partial charge in [-0.25, -0.2) is 0 Å². The molecule has 3 rings (SSSR count). The van der Waals surface area contributed by atoms with Gasteiger partial charge < -0.3 is 14.5 Å². The van der Waals surface area contributed by atoms with E-state index in [1.165, 1.54) is 0 Å².